The molecule has 3 atom stereocenters. The van der Waals surface area contributed by atoms with Gasteiger partial charge in [0.25, 0.3) is 5.91 Å². The van der Waals surface area contributed by atoms with Gasteiger partial charge in [-0.1, -0.05) is 71.9 Å². The fourth-order valence-corrected chi connectivity index (χ4v) is 6.96. The number of ether oxygens (including phenoxy) is 1. The fourth-order valence-electron chi connectivity index (χ4n) is 4.77. The molecule has 12 nitrogen and oxygen atoms in total. The topological polar surface area (TPSA) is 163 Å². The molecule has 2 fully saturated rings. The Balaban J connectivity index is 1.29. The average Bonchev–Trinajstić information content (AvgIpc) is 3.52. The third kappa shape index (κ3) is 6.19. The standard InChI is InChI=1S/C30H26N6O6S2/c1-2-30(28(40)42-24(19-9-5-3-6-10-19)20-11-7-4-8-12-20)16-36-26(39)23(27(36)44-17-30)34-25(38)22(35-41-14-13-31)21-15-43-29(33-21)32-18-37/h2-12,15,18,23-24,27H,1,14,16-17H2,(H,34,38)(H,32,33,37)/t23?,27-,30?/m1/s1. The van der Waals surface area contributed by atoms with Crippen molar-refractivity contribution in [3.05, 3.63) is 95.5 Å². The Labute approximate surface area is 260 Å². The van der Waals surface area contributed by atoms with Crippen molar-refractivity contribution < 1.29 is 28.8 Å². The number of hydrogen-bond acceptors (Lipinski definition) is 11. The number of thioether (sulfide) groups is 1. The minimum Gasteiger partial charge on any atom is -0.452 e. The lowest BCUT2D eigenvalue weighted by Gasteiger charge is -2.53. The Morgan fingerprint density at radius 2 is 1.89 bits per heavy atom. The third-order valence-electron chi connectivity index (χ3n) is 7.05. The number of esters is 1. The number of carbonyl (C=O) groups is 4. The quantitative estimate of drug-likeness (QED) is 0.0583. The van der Waals surface area contributed by atoms with Crippen LogP contribution in [0.25, 0.3) is 0 Å². The number of aromatic nitrogens is 1. The van der Waals surface area contributed by atoms with E-state index in [-0.39, 0.29) is 28.8 Å². The molecular weight excluding hydrogens is 605 g/mol. The molecule has 1 aromatic heterocycles. The molecule has 0 aliphatic carbocycles. The van der Waals surface area contributed by atoms with Gasteiger partial charge in [-0.25, -0.2) is 4.98 Å². The van der Waals surface area contributed by atoms with Crippen LogP contribution in [-0.2, 0) is 28.8 Å². The van der Waals surface area contributed by atoms with E-state index in [9.17, 15) is 19.2 Å². The van der Waals surface area contributed by atoms with Crippen LogP contribution in [0.2, 0.25) is 0 Å². The maximum Gasteiger partial charge on any atom is 0.319 e. The number of benzene rings is 2. The van der Waals surface area contributed by atoms with E-state index in [0.29, 0.717) is 6.41 Å². The van der Waals surface area contributed by atoms with Gasteiger partial charge < -0.3 is 25.1 Å². The molecule has 5 rings (SSSR count). The third-order valence-corrected chi connectivity index (χ3v) is 9.37. The molecule has 2 unspecified atom stereocenters. The average molecular weight is 631 g/mol. The van der Waals surface area contributed by atoms with Gasteiger partial charge in [-0.05, 0) is 11.1 Å². The van der Waals surface area contributed by atoms with E-state index in [1.165, 1.54) is 28.1 Å². The number of carbonyl (C=O) groups excluding carboxylic acids is 4. The summed E-state index contributed by atoms with van der Waals surface area (Å²) in [6, 6.07) is 19.7. The Morgan fingerprint density at radius 1 is 1.20 bits per heavy atom. The predicted molar refractivity (Wildman–Crippen MR) is 163 cm³/mol. The number of anilines is 1. The van der Waals surface area contributed by atoms with Gasteiger partial charge in [0.05, 0.1) is 0 Å². The lowest BCUT2D eigenvalue weighted by atomic mass is 9.87. The van der Waals surface area contributed by atoms with E-state index in [1.54, 1.807) is 6.07 Å². The molecule has 2 aliphatic rings. The summed E-state index contributed by atoms with van der Waals surface area (Å²) in [7, 11) is 0. The number of rotatable bonds is 12. The number of nitrogens with one attached hydrogen (secondary N) is 2. The number of oxime groups is 1. The second-order valence-electron chi connectivity index (χ2n) is 9.76. The first-order chi connectivity index (χ1) is 21.4. The van der Waals surface area contributed by atoms with Gasteiger partial charge in [0.2, 0.25) is 18.9 Å². The largest absolute Gasteiger partial charge is 0.452 e. The number of thiazole rings is 1. The smallest absolute Gasteiger partial charge is 0.319 e. The van der Waals surface area contributed by atoms with Crippen LogP contribution in [0.4, 0.5) is 5.13 Å². The summed E-state index contributed by atoms with van der Waals surface area (Å²) in [5.74, 6) is -1.39. The number of amides is 3. The van der Waals surface area contributed by atoms with Crippen molar-refractivity contribution in [1.29, 1.82) is 5.26 Å². The van der Waals surface area contributed by atoms with Crippen molar-refractivity contribution in [1.82, 2.24) is 15.2 Å². The van der Waals surface area contributed by atoms with Crippen molar-refractivity contribution in [3.8, 4) is 6.07 Å². The molecule has 14 heteroatoms. The lowest BCUT2D eigenvalue weighted by Crippen LogP contribution is -2.73. The second-order valence-corrected chi connectivity index (χ2v) is 11.7. The molecule has 2 aliphatic heterocycles. The van der Waals surface area contributed by atoms with E-state index in [1.807, 2.05) is 60.7 Å². The van der Waals surface area contributed by atoms with Crippen LogP contribution >= 0.6 is 23.1 Å². The summed E-state index contributed by atoms with van der Waals surface area (Å²) in [4.78, 5) is 61.5. The fraction of sp³-hybridized carbons (Fsp3) is 0.233. The zero-order chi connectivity index (χ0) is 31.1. The molecule has 2 aromatic carbocycles. The minimum atomic E-state index is -1.17. The van der Waals surface area contributed by atoms with Crippen molar-refractivity contribution in [2.75, 3.05) is 24.2 Å². The predicted octanol–water partition coefficient (Wildman–Crippen LogP) is 2.86. The van der Waals surface area contributed by atoms with E-state index in [4.69, 9.17) is 14.8 Å². The Morgan fingerprint density at radius 3 is 2.50 bits per heavy atom. The molecule has 3 heterocycles. The zero-order valence-electron chi connectivity index (χ0n) is 23.1. The van der Waals surface area contributed by atoms with Gasteiger partial charge in [-0.15, -0.1) is 29.7 Å². The summed E-state index contributed by atoms with van der Waals surface area (Å²) in [6.07, 6.45) is 1.31. The SMILES string of the molecule is C=CC1(C(=O)OC(c2ccccc2)c2ccccc2)CS[C@@H]2C(NC(=O)C(=NOCC#N)c3csc(NC=O)n3)C(=O)N2C1. The molecule has 44 heavy (non-hydrogen) atoms. The van der Waals surface area contributed by atoms with Gasteiger partial charge in [0, 0.05) is 17.7 Å². The molecule has 0 spiro atoms. The number of hydrogen-bond donors (Lipinski definition) is 2. The highest BCUT2D eigenvalue weighted by Crippen LogP contribution is 2.44. The Kier molecular flexibility index (Phi) is 9.37. The molecule has 224 valence electrons. The zero-order valence-corrected chi connectivity index (χ0v) is 24.8. The summed E-state index contributed by atoms with van der Waals surface area (Å²) in [5, 5.41) is 18.8. The van der Waals surface area contributed by atoms with Gasteiger partial charge in [-0.2, -0.15) is 5.26 Å². The highest BCUT2D eigenvalue weighted by atomic mass is 32.2. The molecule has 0 radical (unpaired) electrons. The summed E-state index contributed by atoms with van der Waals surface area (Å²) < 4.78 is 6.12. The second kappa shape index (κ2) is 13.5. The van der Waals surface area contributed by atoms with Crippen LogP contribution < -0.4 is 10.6 Å². The lowest BCUT2D eigenvalue weighted by molar-refractivity contribution is -0.162. The van der Waals surface area contributed by atoms with E-state index < -0.39 is 47.3 Å². The summed E-state index contributed by atoms with van der Waals surface area (Å²) >= 11 is 2.38. The first-order valence-corrected chi connectivity index (χ1v) is 15.2. The molecule has 3 amide bonds. The number of fused-ring (bicyclic) bond motifs is 1. The van der Waals surface area contributed by atoms with Crippen molar-refractivity contribution >= 4 is 58.1 Å². The summed E-state index contributed by atoms with van der Waals surface area (Å²) in [5.41, 5.74) is 0.268. The van der Waals surface area contributed by atoms with Gasteiger partial charge in [0.1, 0.15) is 28.6 Å². The molecule has 2 saturated heterocycles. The number of β-lactam (4-membered cyclic amide) rings is 1. The minimum absolute atomic E-state index is 0.0353. The van der Waals surface area contributed by atoms with Crippen LogP contribution in [0.3, 0.4) is 0 Å². The normalized spacial score (nSPS) is 20.9. The van der Waals surface area contributed by atoms with Crippen molar-refractivity contribution in [2.24, 2.45) is 10.6 Å². The van der Waals surface area contributed by atoms with E-state index >= 15 is 0 Å². The van der Waals surface area contributed by atoms with Crippen LogP contribution in [-0.4, -0.2) is 70.1 Å². The van der Waals surface area contributed by atoms with Crippen LogP contribution in [0.15, 0.2) is 83.9 Å². The number of nitrogens with zero attached hydrogens (tertiary/aromatic N) is 4. The summed E-state index contributed by atoms with van der Waals surface area (Å²) in [6.45, 7) is 3.53. The van der Waals surface area contributed by atoms with Gasteiger partial charge in [0.15, 0.2) is 16.9 Å². The molecule has 0 bridgehead atoms. The van der Waals surface area contributed by atoms with Crippen molar-refractivity contribution in [2.45, 2.75) is 17.5 Å². The maximum absolute atomic E-state index is 13.8. The first-order valence-electron chi connectivity index (χ1n) is 13.3. The van der Waals surface area contributed by atoms with Gasteiger partial charge >= 0.3 is 5.97 Å². The molecule has 3 aromatic rings. The monoisotopic (exact) mass is 630 g/mol. The molecule has 0 saturated carbocycles. The maximum atomic E-state index is 13.8. The van der Waals surface area contributed by atoms with Crippen LogP contribution in [0.1, 0.15) is 22.9 Å². The highest BCUT2D eigenvalue weighted by molar-refractivity contribution is 8.00. The Bertz CT molecular complexity index is 1590. The highest BCUT2D eigenvalue weighted by Gasteiger charge is 2.57. The van der Waals surface area contributed by atoms with Gasteiger partial charge in [-0.3, -0.25) is 19.2 Å². The van der Waals surface area contributed by atoms with E-state index in [2.05, 4.69) is 27.4 Å². The molecule has 2 N–H and O–H groups in total. The van der Waals surface area contributed by atoms with E-state index in [0.717, 1.165) is 22.5 Å². The molecular formula is C30H26N6O6S2. The Hall–Kier alpha value is -5.00. The van der Waals surface area contributed by atoms with Crippen LogP contribution in [0.5, 0.6) is 0 Å². The van der Waals surface area contributed by atoms with Crippen LogP contribution in [0, 0.1) is 16.7 Å². The van der Waals surface area contributed by atoms with Crippen molar-refractivity contribution in [3.63, 3.8) is 0 Å². The first kappa shape index (κ1) is 30.5. The number of nitriles is 1.